The zero-order valence-electron chi connectivity index (χ0n) is 17.7. The van der Waals surface area contributed by atoms with Crippen LogP contribution < -0.4 is 20.1 Å². The van der Waals surface area contributed by atoms with Gasteiger partial charge in [-0.2, -0.15) is 0 Å². The Bertz CT molecular complexity index is 1130. The molecule has 5 heteroatoms. The third-order valence-corrected chi connectivity index (χ3v) is 4.71. The fourth-order valence-electron chi connectivity index (χ4n) is 3.04. The molecule has 0 aliphatic rings. The van der Waals surface area contributed by atoms with Crippen LogP contribution in [0.15, 0.2) is 109 Å². The molecule has 0 fully saturated rings. The van der Waals surface area contributed by atoms with E-state index in [1.807, 2.05) is 116 Å². The second kappa shape index (κ2) is 10.2. The van der Waals surface area contributed by atoms with E-state index < -0.39 is 6.04 Å². The fraction of sp³-hybridized carbons (Fsp3) is 0.0741. The fourth-order valence-corrected chi connectivity index (χ4v) is 3.04. The average Bonchev–Trinajstić information content (AvgIpc) is 2.83. The third kappa shape index (κ3) is 5.89. The molecule has 0 heterocycles. The van der Waals surface area contributed by atoms with E-state index in [9.17, 15) is 4.79 Å². The van der Waals surface area contributed by atoms with Gasteiger partial charge >= 0.3 is 0 Å². The summed E-state index contributed by atoms with van der Waals surface area (Å²) in [5, 5.41) is 6.12. The lowest BCUT2D eigenvalue weighted by Gasteiger charge is -2.16. The SMILES string of the molecule is C[C@H](Nc1ccc(Oc2ccccc2)cc1)C(=O)Nc1ccc(Oc2ccccc2)cc1. The summed E-state index contributed by atoms with van der Waals surface area (Å²) < 4.78 is 11.6. The molecule has 0 bridgehead atoms. The number of para-hydroxylation sites is 2. The molecular weight excluding hydrogens is 400 g/mol. The minimum atomic E-state index is -0.420. The maximum absolute atomic E-state index is 12.6. The molecule has 0 saturated carbocycles. The summed E-state index contributed by atoms with van der Waals surface area (Å²) in [6.45, 7) is 1.82. The molecule has 2 N–H and O–H groups in total. The first-order valence-electron chi connectivity index (χ1n) is 10.4. The van der Waals surface area contributed by atoms with E-state index in [2.05, 4.69) is 10.6 Å². The largest absolute Gasteiger partial charge is 0.457 e. The Balaban J connectivity index is 1.29. The van der Waals surface area contributed by atoms with Crippen molar-refractivity contribution < 1.29 is 14.3 Å². The number of rotatable bonds is 8. The maximum atomic E-state index is 12.6. The molecule has 4 aromatic rings. The van der Waals surface area contributed by atoms with E-state index in [-0.39, 0.29) is 5.91 Å². The third-order valence-electron chi connectivity index (χ3n) is 4.71. The minimum absolute atomic E-state index is 0.133. The summed E-state index contributed by atoms with van der Waals surface area (Å²) in [5.74, 6) is 2.85. The van der Waals surface area contributed by atoms with Gasteiger partial charge in [-0.1, -0.05) is 36.4 Å². The van der Waals surface area contributed by atoms with E-state index in [4.69, 9.17) is 9.47 Å². The van der Waals surface area contributed by atoms with Gasteiger partial charge in [-0.3, -0.25) is 4.79 Å². The topological polar surface area (TPSA) is 59.6 Å². The van der Waals surface area contributed by atoms with Crippen LogP contribution >= 0.6 is 0 Å². The second-order valence-corrected chi connectivity index (χ2v) is 7.23. The van der Waals surface area contributed by atoms with Crippen LogP contribution in [0.3, 0.4) is 0 Å². The molecule has 0 saturated heterocycles. The van der Waals surface area contributed by atoms with Crippen molar-refractivity contribution in [2.75, 3.05) is 10.6 Å². The highest BCUT2D eigenvalue weighted by molar-refractivity contribution is 5.96. The quantitative estimate of drug-likeness (QED) is 0.330. The minimum Gasteiger partial charge on any atom is -0.457 e. The molecule has 4 rings (SSSR count). The number of nitrogens with one attached hydrogen (secondary N) is 2. The van der Waals surface area contributed by atoms with Crippen LogP contribution in [0.25, 0.3) is 0 Å². The number of carbonyl (C=O) groups excluding carboxylic acids is 1. The standard InChI is InChI=1S/C27H24N2O3/c1-20(28-21-12-16-25(17-13-21)31-23-8-4-2-5-9-23)27(30)29-22-14-18-26(19-15-22)32-24-10-6-3-7-11-24/h2-20,28H,1H3,(H,29,30)/t20-/m0/s1. The summed E-state index contributed by atoms with van der Waals surface area (Å²) in [7, 11) is 0. The monoisotopic (exact) mass is 424 g/mol. The van der Waals surface area contributed by atoms with Gasteiger partial charge in [0.25, 0.3) is 0 Å². The van der Waals surface area contributed by atoms with Crippen molar-refractivity contribution in [2.24, 2.45) is 0 Å². The van der Waals surface area contributed by atoms with E-state index in [0.717, 1.165) is 22.9 Å². The lowest BCUT2D eigenvalue weighted by molar-refractivity contribution is -0.116. The van der Waals surface area contributed by atoms with Gasteiger partial charge in [-0.05, 0) is 79.7 Å². The summed E-state index contributed by atoms with van der Waals surface area (Å²) in [6.07, 6.45) is 0. The van der Waals surface area contributed by atoms with Crippen molar-refractivity contribution in [3.8, 4) is 23.0 Å². The molecule has 32 heavy (non-hydrogen) atoms. The average molecular weight is 425 g/mol. The van der Waals surface area contributed by atoms with E-state index in [1.54, 1.807) is 0 Å². The van der Waals surface area contributed by atoms with Gasteiger partial charge in [-0.25, -0.2) is 0 Å². The predicted octanol–water partition coefficient (Wildman–Crippen LogP) is 6.71. The zero-order chi connectivity index (χ0) is 22.2. The van der Waals surface area contributed by atoms with Crippen LogP contribution in [0.4, 0.5) is 11.4 Å². The van der Waals surface area contributed by atoms with Gasteiger partial charge in [0.15, 0.2) is 0 Å². The normalized spacial score (nSPS) is 11.3. The molecule has 160 valence electrons. The first kappa shape index (κ1) is 21.0. The smallest absolute Gasteiger partial charge is 0.246 e. The Morgan fingerprint density at radius 1 is 0.594 bits per heavy atom. The Labute approximate surface area is 187 Å². The molecule has 0 aliphatic carbocycles. The first-order valence-corrected chi connectivity index (χ1v) is 10.4. The Morgan fingerprint density at radius 3 is 1.47 bits per heavy atom. The highest BCUT2D eigenvalue weighted by Gasteiger charge is 2.13. The van der Waals surface area contributed by atoms with Gasteiger partial charge in [0.1, 0.15) is 29.0 Å². The second-order valence-electron chi connectivity index (χ2n) is 7.23. The molecule has 0 unspecified atom stereocenters. The maximum Gasteiger partial charge on any atom is 0.246 e. The number of hydrogen-bond donors (Lipinski definition) is 2. The predicted molar refractivity (Wildman–Crippen MR) is 128 cm³/mol. The molecule has 0 aliphatic heterocycles. The van der Waals surface area contributed by atoms with Crippen molar-refractivity contribution >= 4 is 17.3 Å². The highest BCUT2D eigenvalue weighted by atomic mass is 16.5. The number of carbonyl (C=O) groups is 1. The van der Waals surface area contributed by atoms with E-state index >= 15 is 0 Å². The molecule has 4 aromatic carbocycles. The van der Waals surface area contributed by atoms with Gasteiger partial charge < -0.3 is 20.1 Å². The summed E-state index contributed by atoms with van der Waals surface area (Å²) in [5.41, 5.74) is 1.54. The van der Waals surface area contributed by atoms with Crippen molar-refractivity contribution in [1.29, 1.82) is 0 Å². The summed E-state index contributed by atoms with van der Waals surface area (Å²) >= 11 is 0. The van der Waals surface area contributed by atoms with Crippen molar-refractivity contribution in [3.63, 3.8) is 0 Å². The number of hydrogen-bond acceptors (Lipinski definition) is 4. The lowest BCUT2D eigenvalue weighted by Crippen LogP contribution is -2.31. The molecule has 0 spiro atoms. The van der Waals surface area contributed by atoms with Crippen molar-refractivity contribution in [1.82, 2.24) is 0 Å². The van der Waals surface area contributed by atoms with Crippen LogP contribution in [0.5, 0.6) is 23.0 Å². The summed E-state index contributed by atoms with van der Waals surface area (Å²) in [4.78, 5) is 12.6. The van der Waals surface area contributed by atoms with Crippen molar-refractivity contribution in [2.45, 2.75) is 13.0 Å². The molecule has 0 radical (unpaired) electrons. The van der Waals surface area contributed by atoms with Crippen LogP contribution in [0.2, 0.25) is 0 Å². The zero-order valence-corrected chi connectivity index (χ0v) is 17.7. The van der Waals surface area contributed by atoms with Crippen LogP contribution in [-0.2, 0) is 4.79 Å². The van der Waals surface area contributed by atoms with Gasteiger partial charge in [0, 0.05) is 11.4 Å². The number of amides is 1. The number of benzene rings is 4. The Kier molecular flexibility index (Phi) is 6.68. The lowest BCUT2D eigenvalue weighted by atomic mass is 10.2. The van der Waals surface area contributed by atoms with Gasteiger partial charge in [0.05, 0.1) is 0 Å². The first-order chi connectivity index (χ1) is 15.7. The molecule has 5 nitrogen and oxygen atoms in total. The summed E-state index contributed by atoms with van der Waals surface area (Å²) in [6, 6.07) is 33.5. The number of ether oxygens (including phenoxy) is 2. The molecule has 1 amide bonds. The van der Waals surface area contributed by atoms with Gasteiger partial charge in [-0.15, -0.1) is 0 Å². The Hall–Kier alpha value is -4.25. The molecule has 1 atom stereocenters. The highest BCUT2D eigenvalue weighted by Crippen LogP contribution is 2.24. The van der Waals surface area contributed by atoms with Crippen LogP contribution in [0.1, 0.15) is 6.92 Å². The van der Waals surface area contributed by atoms with Crippen LogP contribution in [0, 0.1) is 0 Å². The van der Waals surface area contributed by atoms with E-state index in [0.29, 0.717) is 11.4 Å². The number of anilines is 2. The van der Waals surface area contributed by atoms with E-state index in [1.165, 1.54) is 0 Å². The molecule has 0 aromatic heterocycles. The van der Waals surface area contributed by atoms with Crippen LogP contribution in [-0.4, -0.2) is 11.9 Å². The Morgan fingerprint density at radius 2 is 1.00 bits per heavy atom. The molecular formula is C27H24N2O3. The van der Waals surface area contributed by atoms with Crippen molar-refractivity contribution in [3.05, 3.63) is 109 Å². The van der Waals surface area contributed by atoms with Gasteiger partial charge in [0.2, 0.25) is 5.91 Å².